The highest BCUT2D eigenvalue weighted by molar-refractivity contribution is 5.96. The molecular weight excluding hydrogens is 270 g/mol. The number of carbonyl (C=O) groups excluding carboxylic acids is 1. The number of benzene rings is 2. The molecule has 0 bridgehead atoms. The summed E-state index contributed by atoms with van der Waals surface area (Å²) in [4.78, 5) is 11.6. The van der Waals surface area contributed by atoms with Gasteiger partial charge in [0, 0.05) is 0 Å². The molecule has 2 N–H and O–H groups in total. The number of esters is 1. The fourth-order valence-electron chi connectivity index (χ4n) is 1.90. The smallest absolute Gasteiger partial charge is 0.340 e. The highest BCUT2D eigenvalue weighted by atomic mass is 16.5. The Hall–Kier alpha value is -2.69. The standard InChI is InChI=1S/C16H17NO4/c1-10-7-8-12(14(9-10)19-2)21-13-6-4-5-11(15(13)17)16(18)20-3/h4-9H,17H2,1-3H3. The van der Waals surface area contributed by atoms with Crippen LogP contribution in [0.2, 0.25) is 0 Å². The van der Waals surface area contributed by atoms with Crippen LogP contribution < -0.4 is 15.2 Å². The number of aryl methyl sites for hydroxylation is 1. The van der Waals surface area contributed by atoms with Gasteiger partial charge in [-0.05, 0) is 36.8 Å². The molecule has 0 fully saturated rings. The van der Waals surface area contributed by atoms with Crippen LogP contribution in [-0.4, -0.2) is 20.2 Å². The van der Waals surface area contributed by atoms with Crippen LogP contribution in [0.4, 0.5) is 5.69 Å². The van der Waals surface area contributed by atoms with Crippen LogP contribution in [0.15, 0.2) is 36.4 Å². The molecule has 5 nitrogen and oxygen atoms in total. The van der Waals surface area contributed by atoms with E-state index in [1.807, 2.05) is 19.1 Å². The van der Waals surface area contributed by atoms with Gasteiger partial charge in [0.05, 0.1) is 25.5 Å². The monoisotopic (exact) mass is 287 g/mol. The summed E-state index contributed by atoms with van der Waals surface area (Å²) in [6, 6.07) is 10.5. The lowest BCUT2D eigenvalue weighted by molar-refractivity contribution is 0.0601. The number of carbonyl (C=O) groups is 1. The summed E-state index contributed by atoms with van der Waals surface area (Å²) in [6.07, 6.45) is 0. The Morgan fingerprint density at radius 3 is 2.48 bits per heavy atom. The Balaban J connectivity index is 2.38. The van der Waals surface area contributed by atoms with Gasteiger partial charge in [-0.15, -0.1) is 0 Å². The predicted octanol–water partition coefficient (Wildman–Crippen LogP) is 3.16. The van der Waals surface area contributed by atoms with E-state index >= 15 is 0 Å². The van der Waals surface area contributed by atoms with E-state index in [0.717, 1.165) is 5.56 Å². The number of hydrogen-bond acceptors (Lipinski definition) is 5. The zero-order valence-electron chi connectivity index (χ0n) is 12.2. The first kappa shape index (κ1) is 14.7. The van der Waals surface area contributed by atoms with E-state index in [9.17, 15) is 4.79 Å². The molecule has 0 atom stereocenters. The van der Waals surface area contributed by atoms with E-state index in [2.05, 4.69) is 4.74 Å². The Morgan fingerprint density at radius 1 is 1.05 bits per heavy atom. The second-order valence-corrected chi connectivity index (χ2v) is 4.47. The molecule has 110 valence electrons. The predicted molar refractivity (Wildman–Crippen MR) is 80.0 cm³/mol. The van der Waals surface area contributed by atoms with E-state index in [-0.39, 0.29) is 11.3 Å². The molecule has 0 aliphatic rings. The molecule has 0 aliphatic heterocycles. The SMILES string of the molecule is COC(=O)c1cccc(Oc2ccc(C)cc2OC)c1N. The maximum Gasteiger partial charge on any atom is 0.340 e. The third-order valence-electron chi connectivity index (χ3n) is 3.01. The van der Waals surface area contributed by atoms with E-state index in [4.69, 9.17) is 15.2 Å². The largest absolute Gasteiger partial charge is 0.493 e. The van der Waals surface area contributed by atoms with Crippen LogP contribution >= 0.6 is 0 Å². The summed E-state index contributed by atoms with van der Waals surface area (Å²) >= 11 is 0. The minimum atomic E-state index is -0.506. The summed E-state index contributed by atoms with van der Waals surface area (Å²) in [5.74, 6) is 0.989. The first-order valence-corrected chi connectivity index (χ1v) is 6.36. The summed E-state index contributed by atoms with van der Waals surface area (Å²) < 4.78 is 15.7. The lowest BCUT2D eigenvalue weighted by Crippen LogP contribution is -2.06. The molecule has 0 radical (unpaired) electrons. The molecule has 2 rings (SSSR count). The van der Waals surface area contributed by atoms with Crippen molar-refractivity contribution in [2.45, 2.75) is 6.92 Å². The third-order valence-corrected chi connectivity index (χ3v) is 3.01. The fraction of sp³-hybridized carbons (Fsp3) is 0.188. The molecule has 0 spiro atoms. The van der Waals surface area contributed by atoms with Crippen LogP contribution in [0, 0.1) is 6.92 Å². The van der Waals surface area contributed by atoms with E-state index in [0.29, 0.717) is 17.2 Å². The zero-order valence-corrected chi connectivity index (χ0v) is 12.2. The van der Waals surface area contributed by atoms with Crippen LogP contribution in [0.25, 0.3) is 0 Å². The van der Waals surface area contributed by atoms with Gasteiger partial charge in [-0.3, -0.25) is 0 Å². The van der Waals surface area contributed by atoms with Crippen LogP contribution in [-0.2, 0) is 4.74 Å². The first-order valence-electron chi connectivity index (χ1n) is 6.36. The average Bonchev–Trinajstić information content (AvgIpc) is 2.50. The van der Waals surface area contributed by atoms with Crippen molar-refractivity contribution >= 4 is 11.7 Å². The number of ether oxygens (including phenoxy) is 3. The Morgan fingerprint density at radius 2 is 1.81 bits per heavy atom. The van der Waals surface area contributed by atoms with Crippen molar-refractivity contribution < 1.29 is 19.0 Å². The van der Waals surface area contributed by atoms with Crippen molar-refractivity contribution in [3.63, 3.8) is 0 Å². The molecule has 5 heteroatoms. The fourth-order valence-corrected chi connectivity index (χ4v) is 1.90. The van der Waals surface area contributed by atoms with Crippen molar-refractivity contribution in [1.29, 1.82) is 0 Å². The average molecular weight is 287 g/mol. The number of anilines is 1. The zero-order chi connectivity index (χ0) is 15.4. The number of methoxy groups -OCH3 is 2. The molecule has 0 amide bonds. The van der Waals surface area contributed by atoms with Gasteiger partial charge in [-0.2, -0.15) is 0 Å². The summed E-state index contributed by atoms with van der Waals surface area (Å²) in [6.45, 7) is 1.96. The molecule has 2 aromatic rings. The van der Waals surface area contributed by atoms with Crippen molar-refractivity contribution in [2.24, 2.45) is 0 Å². The van der Waals surface area contributed by atoms with Gasteiger partial charge in [-0.25, -0.2) is 4.79 Å². The Labute approximate surface area is 123 Å². The van der Waals surface area contributed by atoms with Crippen molar-refractivity contribution in [3.05, 3.63) is 47.5 Å². The second-order valence-electron chi connectivity index (χ2n) is 4.47. The number of rotatable bonds is 4. The lowest BCUT2D eigenvalue weighted by Gasteiger charge is -2.13. The van der Waals surface area contributed by atoms with Crippen LogP contribution in [0.1, 0.15) is 15.9 Å². The normalized spacial score (nSPS) is 10.0. The van der Waals surface area contributed by atoms with Gasteiger partial charge in [0.15, 0.2) is 17.2 Å². The van der Waals surface area contributed by atoms with Crippen molar-refractivity contribution in [2.75, 3.05) is 20.0 Å². The van der Waals surface area contributed by atoms with Crippen molar-refractivity contribution in [3.8, 4) is 17.2 Å². The van der Waals surface area contributed by atoms with Gasteiger partial charge in [0.1, 0.15) is 0 Å². The number of para-hydroxylation sites is 1. The maximum atomic E-state index is 11.6. The van der Waals surface area contributed by atoms with Crippen LogP contribution in [0.3, 0.4) is 0 Å². The topological polar surface area (TPSA) is 70.8 Å². The summed E-state index contributed by atoms with van der Waals surface area (Å²) in [5, 5.41) is 0. The van der Waals surface area contributed by atoms with E-state index in [1.165, 1.54) is 7.11 Å². The number of hydrogen-bond donors (Lipinski definition) is 1. The maximum absolute atomic E-state index is 11.6. The van der Waals surface area contributed by atoms with Crippen LogP contribution in [0.5, 0.6) is 17.2 Å². The van der Waals surface area contributed by atoms with Gasteiger partial charge in [0.25, 0.3) is 0 Å². The number of nitrogens with two attached hydrogens (primary N) is 1. The summed E-state index contributed by atoms with van der Waals surface area (Å²) in [7, 11) is 2.87. The van der Waals surface area contributed by atoms with Gasteiger partial charge >= 0.3 is 5.97 Å². The molecule has 0 saturated carbocycles. The van der Waals surface area contributed by atoms with Gasteiger partial charge < -0.3 is 19.9 Å². The lowest BCUT2D eigenvalue weighted by atomic mass is 10.1. The van der Waals surface area contributed by atoms with Crippen molar-refractivity contribution in [1.82, 2.24) is 0 Å². The number of nitrogen functional groups attached to an aromatic ring is 1. The first-order chi connectivity index (χ1) is 10.1. The van der Waals surface area contributed by atoms with E-state index < -0.39 is 5.97 Å². The molecule has 21 heavy (non-hydrogen) atoms. The van der Waals surface area contributed by atoms with E-state index in [1.54, 1.807) is 31.4 Å². The molecule has 0 aromatic heterocycles. The van der Waals surface area contributed by atoms with Gasteiger partial charge in [0.2, 0.25) is 0 Å². The second kappa shape index (κ2) is 6.17. The minimum Gasteiger partial charge on any atom is -0.493 e. The highest BCUT2D eigenvalue weighted by Gasteiger charge is 2.15. The molecule has 0 saturated heterocycles. The quantitative estimate of drug-likeness (QED) is 0.691. The minimum absolute atomic E-state index is 0.229. The molecule has 0 aliphatic carbocycles. The molecule has 0 heterocycles. The third kappa shape index (κ3) is 3.08. The molecule has 0 unspecified atom stereocenters. The Bertz CT molecular complexity index is 667. The van der Waals surface area contributed by atoms with Gasteiger partial charge in [-0.1, -0.05) is 12.1 Å². The highest BCUT2D eigenvalue weighted by Crippen LogP contribution is 2.35. The molecular formula is C16H17NO4. The molecule has 2 aromatic carbocycles. The Kier molecular flexibility index (Phi) is 4.33. The summed E-state index contributed by atoms with van der Waals surface area (Å²) in [5.41, 5.74) is 7.51.